The first-order valence-electron chi connectivity index (χ1n) is 12.2. The van der Waals surface area contributed by atoms with E-state index >= 15 is 0 Å². The summed E-state index contributed by atoms with van der Waals surface area (Å²) >= 11 is 0. The Kier molecular flexibility index (Phi) is 6.99. The minimum atomic E-state index is -0.182. The fraction of sp³-hybridized carbons (Fsp3) is 0.333. The van der Waals surface area contributed by atoms with Crippen LogP contribution in [0.1, 0.15) is 42.9 Å². The zero-order valence-electron chi connectivity index (χ0n) is 19.7. The summed E-state index contributed by atoms with van der Waals surface area (Å²) in [7, 11) is 0. The molecule has 3 N–H and O–H groups in total. The number of aromatic nitrogens is 3. The van der Waals surface area contributed by atoms with E-state index in [4.69, 9.17) is 0 Å². The molecule has 3 heterocycles. The molecule has 1 saturated heterocycles. The Morgan fingerprint density at radius 1 is 1.03 bits per heavy atom. The van der Waals surface area contributed by atoms with Crippen LogP contribution in [0, 0.1) is 0 Å². The van der Waals surface area contributed by atoms with Gasteiger partial charge in [-0.1, -0.05) is 30.3 Å². The van der Waals surface area contributed by atoms with Crippen molar-refractivity contribution in [1.82, 2.24) is 20.1 Å². The summed E-state index contributed by atoms with van der Waals surface area (Å²) < 4.78 is 0. The van der Waals surface area contributed by atoms with Gasteiger partial charge in [-0.25, -0.2) is 4.98 Å². The molecule has 8 heteroatoms. The number of benzene rings is 1. The molecule has 3 aromatic rings. The maximum absolute atomic E-state index is 12.5. The SMILES string of the molecule is O=C(/C=C/CN1CCCC1)Nc1ccc(-c2cccc(CC(=O)Nc3cc(C4CC4)[nH]n3)c2)cn1. The molecule has 1 aliphatic carbocycles. The maximum atomic E-state index is 12.5. The van der Waals surface area contributed by atoms with E-state index in [1.807, 2.05) is 42.5 Å². The van der Waals surface area contributed by atoms with Gasteiger partial charge in [-0.15, -0.1) is 0 Å². The van der Waals surface area contributed by atoms with E-state index in [0.29, 0.717) is 17.6 Å². The maximum Gasteiger partial charge on any atom is 0.249 e. The quantitative estimate of drug-likeness (QED) is 0.408. The van der Waals surface area contributed by atoms with Gasteiger partial charge in [0.15, 0.2) is 5.82 Å². The van der Waals surface area contributed by atoms with Crippen LogP contribution in [0.3, 0.4) is 0 Å². The number of carbonyl (C=O) groups is 2. The summed E-state index contributed by atoms with van der Waals surface area (Å²) in [6.07, 6.45) is 10.3. The number of nitrogens with one attached hydrogen (secondary N) is 3. The molecule has 2 aliphatic rings. The van der Waals surface area contributed by atoms with E-state index < -0.39 is 0 Å². The van der Waals surface area contributed by atoms with Gasteiger partial charge in [-0.2, -0.15) is 5.10 Å². The van der Waals surface area contributed by atoms with Crippen LogP contribution in [0.25, 0.3) is 11.1 Å². The molecule has 0 radical (unpaired) electrons. The Labute approximate surface area is 204 Å². The number of aromatic amines is 1. The molecule has 2 fully saturated rings. The number of H-pyrrole nitrogens is 1. The predicted octanol–water partition coefficient (Wildman–Crippen LogP) is 4.12. The van der Waals surface area contributed by atoms with Crippen LogP contribution in [0.5, 0.6) is 0 Å². The van der Waals surface area contributed by atoms with Crippen molar-refractivity contribution in [3.8, 4) is 11.1 Å². The molecule has 1 aliphatic heterocycles. The molecular formula is C27H30N6O2. The first-order valence-corrected chi connectivity index (χ1v) is 12.2. The van der Waals surface area contributed by atoms with Crippen molar-refractivity contribution < 1.29 is 9.59 Å². The van der Waals surface area contributed by atoms with Crippen molar-refractivity contribution >= 4 is 23.5 Å². The van der Waals surface area contributed by atoms with E-state index in [1.165, 1.54) is 25.7 Å². The zero-order valence-corrected chi connectivity index (χ0v) is 19.7. The lowest BCUT2D eigenvalue weighted by Crippen LogP contribution is -2.19. The Balaban J connectivity index is 1.14. The molecular weight excluding hydrogens is 440 g/mol. The first kappa shape index (κ1) is 23.0. The fourth-order valence-electron chi connectivity index (χ4n) is 4.32. The van der Waals surface area contributed by atoms with E-state index in [1.54, 1.807) is 18.3 Å². The zero-order chi connectivity index (χ0) is 24.0. The monoisotopic (exact) mass is 470 g/mol. The first-order chi connectivity index (χ1) is 17.1. The topological polar surface area (TPSA) is 103 Å². The number of hydrogen-bond acceptors (Lipinski definition) is 5. The van der Waals surface area contributed by atoms with Gasteiger partial charge in [-0.05, 0) is 62.0 Å². The van der Waals surface area contributed by atoms with Gasteiger partial charge in [0.25, 0.3) is 0 Å². The molecule has 2 aromatic heterocycles. The summed E-state index contributed by atoms with van der Waals surface area (Å²) in [6, 6.07) is 13.4. The summed E-state index contributed by atoms with van der Waals surface area (Å²) in [5, 5.41) is 12.9. The molecule has 5 rings (SSSR count). The van der Waals surface area contributed by atoms with Crippen molar-refractivity contribution in [1.29, 1.82) is 0 Å². The van der Waals surface area contributed by atoms with Gasteiger partial charge in [0, 0.05) is 42.1 Å². The average molecular weight is 471 g/mol. The average Bonchev–Trinajstić information content (AvgIpc) is 3.37. The van der Waals surface area contributed by atoms with Crippen molar-refractivity contribution in [2.75, 3.05) is 30.3 Å². The highest BCUT2D eigenvalue weighted by Gasteiger charge is 2.25. The molecule has 35 heavy (non-hydrogen) atoms. The third-order valence-corrected chi connectivity index (χ3v) is 6.35. The van der Waals surface area contributed by atoms with Crippen LogP contribution in [0.15, 0.2) is 60.8 Å². The van der Waals surface area contributed by atoms with Crippen molar-refractivity contribution in [2.24, 2.45) is 0 Å². The smallest absolute Gasteiger partial charge is 0.249 e. The molecule has 2 amide bonds. The van der Waals surface area contributed by atoms with Crippen LogP contribution in [-0.2, 0) is 16.0 Å². The van der Waals surface area contributed by atoms with Crippen LogP contribution in [0.2, 0.25) is 0 Å². The minimum Gasteiger partial charge on any atom is -0.309 e. The second-order valence-corrected chi connectivity index (χ2v) is 9.24. The van der Waals surface area contributed by atoms with Crippen LogP contribution >= 0.6 is 0 Å². The normalized spacial score (nSPS) is 16.0. The van der Waals surface area contributed by atoms with E-state index in [-0.39, 0.29) is 18.2 Å². The summed E-state index contributed by atoms with van der Waals surface area (Å²) in [5.74, 6) is 1.35. The summed E-state index contributed by atoms with van der Waals surface area (Å²) in [5.41, 5.74) is 3.86. The highest BCUT2D eigenvalue weighted by Crippen LogP contribution is 2.39. The van der Waals surface area contributed by atoms with Gasteiger partial charge in [0.1, 0.15) is 5.82 Å². The Morgan fingerprint density at radius 3 is 2.66 bits per heavy atom. The van der Waals surface area contributed by atoms with Gasteiger partial charge in [-0.3, -0.25) is 19.6 Å². The molecule has 1 aromatic carbocycles. The lowest BCUT2D eigenvalue weighted by molar-refractivity contribution is -0.115. The third kappa shape index (κ3) is 6.42. The van der Waals surface area contributed by atoms with Gasteiger partial charge in [0.2, 0.25) is 11.8 Å². The van der Waals surface area contributed by atoms with Gasteiger partial charge < -0.3 is 10.6 Å². The number of pyridine rings is 1. The standard InChI is InChI=1S/C27H30N6O2/c34-26(7-4-14-33-12-1-2-13-33)29-24-11-10-22(18-28-24)21-6-3-5-19(15-21)16-27(35)30-25-17-23(31-32-25)20-8-9-20/h3-7,10-11,15,17-18,20H,1-2,8-9,12-14,16H2,(H,28,29,34)(H2,30,31,32,35)/b7-4+. The Hall–Kier alpha value is -3.78. The molecule has 1 saturated carbocycles. The number of rotatable bonds is 9. The molecule has 8 nitrogen and oxygen atoms in total. The minimum absolute atomic E-state index is 0.107. The van der Waals surface area contributed by atoms with Gasteiger partial charge in [0.05, 0.1) is 6.42 Å². The number of nitrogens with zero attached hydrogens (tertiary/aromatic N) is 3. The second-order valence-electron chi connectivity index (χ2n) is 9.24. The van der Waals surface area contributed by atoms with Crippen LogP contribution in [0.4, 0.5) is 11.6 Å². The molecule has 0 spiro atoms. The Bertz CT molecular complexity index is 1210. The molecule has 0 unspecified atom stereocenters. The lowest BCUT2D eigenvalue weighted by Gasteiger charge is -2.10. The third-order valence-electron chi connectivity index (χ3n) is 6.35. The lowest BCUT2D eigenvalue weighted by atomic mass is 10.0. The van der Waals surface area contributed by atoms with Crippen molar-refractivity contribution in [3.63, 3.8) is 0 Å². The largest absolute Gasteiger partial charge is 0.309 e. The molecule has 0 atom stereocenters. The van der Waals surface area contributed by atoms with Crippen molar-refractivity contribution in [2.45, 2.75) is 38.0 Å². The summed E-state index contributed by atoms with van der Waals surface area (Å²) in [4.78, 5) is 31.4. The number of amides is 2. The van der Waals surface area contributed by atoms with Crippen molar-refractivity contribution in [3.05, 3.63) is 72.1 Å². The van der Waals surface area contributed by atoms with E-state index in [9.17, 15) is 9.59 Å². The van der Waals surface area contributed by atoms with E-state index in [0.717, 1.165) is 42.0 Å². The molecule has 0 bridgehead atoms. The number of anilines is 2. The predicted molar refractivity (Wildman–Crippen MR) is 136 cm³/mol. The summed E-state index contributed by atoms with van der Waals surface area (Å²) in [6.45, 7) is 3.01. The number of likely N-dealkylation sites (tertiary alicyclic amines) is 1. The number of carbonyl (C=O) groups excluding carboxylic acids is 2. The van der Waals surface area contributed by atoms with Crippen LogP contribution < -0.4 is 10.6 Å². The molecule has 180 valence electrons. The highest BCUT2D eigenvalue weighted by molar-refractivity contribution is 5.98. The van der Waals surface area contributed by atoms with E-state index in [2.05, 4.69) is 30.7 Å². The van der Waals surface area contributed by atoms with Gasteiger partial charge >= 0.3 is 0 Å². The second kappa shape index (κ2) is 10.7. The van der Waals surface area contributed by atoms with Crippen LogP contribution in [-0.4, -0.2) is 51.5 Å². The highest BCUT2D eigenvalue weighted by atomic mass is 16.2. The fourth-order valence-corrected chi connectivity index (χ4v) is 4.32. The number of hydrogen-bond donors (Lipinski definition) is 3. The Morgan fingerprint density at radius 2 is 1.89 bits per heavy atom.